The van der Waals surface area contributed by atoms with E-state index in [0.717, 1.165) is 23.8 Å². The van der Waals surface area contributed by atoms with Gasteiger partial charge in [-0.2, -0.15) is 0 Å². The summed E-state index contributed by atoms with van der Waals surface area (Å²) in [5.74, 6) is -1.81. The van der Waals surface area contributed by atoms with Crippen LogP contribution in [0.15, 0.2) is 29.6 Å². The largest absolute Gasteiger partial charge is 0.397 e. The quantitative estimate of drug-likeness (QED) is 0.789. The molecule has 1 aromatic heterocycles. The molecule has 0 amide bonds. The highest BCUT2D eigenvalue weighted by atomic mass is 32.1. The van der Waals surface area contributed by atoms with Gasteiger partial charge in [0.15, 0.2) is 11.6 Å². The number of hydrogen-bond acceptors (Lipinski definition) is 3. The van der Waals surface area contributed by atoms with Crippen molar-refractivity contribution >= 4 is 22.7 Å². The SMILES string of the molecule is CCCC(Nc1c(N)ccc(F)c1F)c1cccs1. The lowest BCUT2D eigenvalue weighted by atomic mass is 10.1. The van der Waals surface area contributed by atoms with Gasteiger partial charge in [0.25, 0.3) is 0 Å². The molecule has 1 unspecified atom stereocenters. The van der Waals surface area contributed by atoms with Crippen LogP contribution in [0.5, 0.6) is 0 Å². The summed E-state index contributed by atoms with van der Waals surface area (Å²) in [4.78, 5) is 1.09. The maximum Gasteiger partial charge on any atom is 0.183 e. The fourth-order valence-corrected chi connectivity index (χ4v) is 2.76. The highest BCUT2D eigenvalue weighted by Gasteiger charge is 2.17. The summed E-state index contributed by atoms with van der Waals surface area (Å²) in [6, 6.07) is 6.28. The molecule has 0 saturated heterocycles. The molecule has 0 spiro atoms. The summed E-state index contributed by atoms with van der Waals surface area (Å²) in [5, 5.41) is 4.99. The highest BCUT2D eigenvalue weighted by Crippen LogP contribution is 2.32. The van der Waals surface area contributed by atoms with E-state index in [1.54, 1.807) is 11.3 Å². The second-order valence-electron chi connectivity index (χ2n) is 4.33. The Morgan fingerprint density at radius 3 is 2.74 bits per heavy atom. The fourth-order valence-electron chi connectivity index (χ4n) is 1.95. The van der Waals surface area contributed by atoms with Crippen LogP contribution in [0.25, 0.3) is 0 Å². The van der Waals surface area contributed by atoms with Crippen molar-refractivity contribution in [1.29, 1.82) is 0 Å². The second kappa shape index (κ2) is 6.02. The Morgan fingerprint density at radius 2 is 2.11 bits per heavy atom. The van der Waals surface area contributed by atoms with Gasteiger partial charge in [-0.1, -0.05) is 19.4 Å². The van der Waals surface area contributed by atoms with Gasteiger partial charge in [0.1, 0.15) is 0 Å². The van der Waals surface area contributed by atoms with Crippen LogP contribution < -0.4 is 11.1 Å². The minimum absolute atomic E-state index is 0.0480. The van der Waals surface area contributed by atoms with E-state index in [4.69, 9.17) is 5.73 Å². The van der Waals surface area contributed by atoms with Crippen LogP contribution in [0.3, 0.4) is 0 Å². The zero-order valence-corrected chi connectivity index (χ0v) is 11.4. The number of nitrogens with two attached hydrogens (primary N) is 1. The molecule has 0 aliphatic heterocycles. The lowest BCUT2D eigenvalue weighted by Crippen LogP contribution is -2.12. The first-order chi connectivity index (χ1) is 9.13. The monoisotopic (exact) mass is 282 g/mol. The Kier molecular flexibility index (Phi) is 4.37. The highest BCUT2D eigenvalue weighted by molar-refractivity contribution is 7.10. The minimum Gasteiger partial charge on any atom is -0.397 e. The summed E-state index contributed by atoms with van der Waals surface area (Å²) in [6.07, 6.45) is 1.77. The van der Waals surface area contributed by atoms with Crippen LogP contribution in [-0.4, -0.2) is 0 Å². The van der Waals surface area contributed by atoms with Crippen LogP contribution in [0.2, 0.25) is 0 Å². The van der Waals surface area contributed by atoms with Gasteiger partial charge in [0, 0.05) is 4.88 Å². The fraction of sp³-hybridized carbons (Fsp3) is 0.286. The third kappa shape index (κ3) is 3.04. The van der Waals surface area contributed by atoms with Crippen molar-refractivity contribution < 1.29 is 8.78 Å². The van der Waals surface area contributed by atoms with Gasteiger partial charge < -0.3 is 11.1 Å². The molecule has 1 atom stereocenters. The number of nitrogens with one attached hydrogen (secondary N) is 1. The van der Waals surface area contributed by atoms with Crippen LogP contribution in [-0.2, 0) is 0 Å². The van der Waals surface area contributed by atoms with Gasteiger partial charge in [0.2, 0.25) is 0 Å². The van der Waals surface area contributed by atoms with Crippen molar-refractivity contribution in [3.8, 4) is 0 Å². The topological polar surface area (TPSA) is 38.0 Å². The Morgan fingerprint density at radius 1 is 1.32 bits per heavy atom. The zero-order chi connectivity index (χ0) is 13.8. The molecular weight excluding hydrogens is 266 g/mol. The van der Waals surface area contributed by atoms with E-state index in [1.165, 1.54) is 6.07 Å². The van der Waals surface area contributed by atoms with Crippen LogP contribution in [0, 0.1) is 11.6 Å². The Balaban J connectivity index is 2.30. The molecule has 2 aromatic rings. The van der Waals surface area contributed by atoms with Crippen molar-refractivity contribution in [3.05, 3.63) is 46.2 Å². The minimum atomic E-state index is -0.919. The first kappa shape index (κ1) is 13.8. The van der Waals surface area contributed by atoms with Crippen molar-refractivity contribution in [3.63, 3.8) is 0 Å². The van der Waals surface area contributed by atoms with Crippen molar-refractivity contribution in [2.45, 2.75) is 25.8 Å². The normalized spacial score (nSPS) is 12.4. The molecule has 0 aliphatic rings. The van der Waals surface area contributed by atoms with Crippen LogP contribution >= 0.6 is 11.3 Å². The summed E-state index contributed by atoms with van der Waals surface area (Å²) >= 11 is 1.59. The van der Waals surface area contributed by atoms with E-state index in [0.29, 0.717) is 0 Å². The maximum absolute atomic E-state index is 13.8. The Bertz CT molecular complexity index is 541. The molecule has 3 N–H and O–H groups in total. The molecular formula is C14H16F2N2S. The number of rotatable bonds is 5. The molecule has 2 nitrogen and oxygen atoms in total. The lowest BCUT2D eigenvalue weighted by molar-refractivity contribution is 0.509. The lowest BCUT2D eigenvalue weighted by Gasteiger charge is -2.20. The van der Waals surface area contributed by atoms with Gasteiger partial charge >= 0.3 is 0 Å². The summed E-state index contributed by atoms with van der Waals surface area (Å²) < 4.78 is 27.1. The van der Waals surface area contributed by atoms with E-state index in [1.807, 2.05) is 24.4 Å². The van der Waals surface area contributed by atoms with Gasteiger partial charge in [-0.25, -0.2) is 8.78 Å². The average Bonchev–Trinajstić information content (AvgIpc) is 2.92. The standard InChI is InChI=1S/C14H16F2N2S/c1-2-4-11(12-5-3-8-19-12)18-14-10(17)7-6-9(15)13(14)16/h3,5-8,11,18H,2,4,17H2,1H3. The number of nitrogen functional groups attached to an aromatic ring is 1. The molecule has 5 heteroatoms. The molecule has 1 heterocycles. The van der Waals surface area contributed by atoms with Crippen molar-refractivity contribution in [2.24, 2.45) is 0 Å². The Hall–Kier alpha value is -1.62. The number of anilines is 2. The van der Waals surface area contributed by atoms with Crippen molar-refractivity contribution in [1.82, 2.24) is 0 Å². The number of hydrogen-bond donors (Lipinski definition) is 2. The summed E-state index contributed by atoms with van der Waals surface area (Å²) in [5.41, 5.74) is 5.99. The molecule has 2 rings (SSSR count). The molecule has 0 radical (unpaired) electrons. The predicted molar refractivity (Wildman–Crippen MR) is 76.4 cm³/mol. The molecule has 0 aliphatic carbocycles. The summed E-state index contributed by atoms with van der Waals surface area (Å²) in [7, 11) is 0. The van der Waals surface area contributed by atoms with E-state index >= 15 is 0 Å². The zero-order valence-electron chi connectivity index (χ0n) is 10.6. The van der Waals surface area contributed by atoms with Gasteiger partial charge in [-0.3, -0.25) is 0 Å². The van der Waals surface area contributed by atoms with Crippen LogP contribution in [0.1, 0.15) is 30.7 Å². The van der Waals surface area contributed by atoms with E-state index in [2.05, 4.69) is 5.32 Å². The van der Waals surface area contributed by atoms with Gasteiger partial charge in [-0.15, -0.1) is 11.3 Å². The number of benzene rings is 1. The molecule has 102 valence electrons. The van der Waals surface area contributed by atoms with Crippen molar-refractivity contribution in [2.75, 3.05) is 11.1 Å². The molecule has 19 heavy (non-hydrogen) atoms. The summed E-state index contributed by atoms with van der Waals surface area (Å²) in [6.45, 7) is 2.05. The predicted octanol–water partition coefficient (Wildman–Crippen LogP) is 4.56. The third-order valence-corrected chi connectivity index (χ3v) is 3.90. The molecule has 1 aromatic carbocycles. The first-order valence-electron chi connectivity index (χ1n) is 6.17. The molecule has 0 fully saturated rings. The maximum atomic E-state index is 13.8. The van der Waals surface area contributed by atoms with Crippen LogP contribution in [0.4, 0.5) is 20.2 Å². The first-order valence-corrected chi connectivity index (χ1v) is 7.04. The smallest absolute Gasteiger partial charge is 0.183 e. The second-order valence-corrected chi connectivity index (χ2v) is 5.31. The van der Waals surface area contributed by atoms with E-state index in [-0.39, 0.29) is 17.4 Å². The average molecular weight is 282 g/mol. The molecule has 0 saturated carbocycles. The number of halogens is 2. The van der Waals surface area contributed by atoms with Gasteiger partial charge in [0.05, 0.1) is 17.4 Å². The van der Waals surface area contributed by atoms with Gasteiger partial charge in [-0.05, 0) is 30.0 Å². The Labute approximate surface area is 115 Å². The van der Waals surface area contributed by atoms with E-state index < -0.39 is 11.6 Å². The number of thiophene rings is 1. The van der Waals surface area contributed by atoms with E-state index in [9.17, 15) is 8.78 Å². The third-order valence-electron chi connectivity index (χ3n) is 2.91. The molecule has 0 bridgehead atoms.